The lowest BCUT2D eigenvalue weighted by molar-refractivity contribution is -0.119. The van der Waals surface area contributed by atoms with Crippen molar-refractivity contribution in [3.63, 3.8) is 0 Å². The second-order valence-electron chi connectivity index (χ2n) is 7.45. The Hall–Kier alpha value is -3.39. The minimum atomic E-state index is 0.314. The number of Topliss-reactive ketones (excluding diaryl/α,β-unsaturated/α-hetero) is 1. The van der Waals surface area contributed by atoms with E-state index in [1.54, 1.807) is 0 Å². The van der Waals surface area contributed by atoms with Crippen molar-refractivity contribution in [3.05, 3.63) is 59.5 Å². The van der Waals surface area contributed by atoms with Gasteiger partial charge in [-0.15, -0.1) is 0 Å². The number of nitrogens with two attached hydrogens (primary N) is 1. The van der Waals surface area contributed by atoms with Crippen LogP contribution in [0.25, 0.3) is 33.4 Å². The van der Waals surface area contributed by atoms with Gasteiger partial charge in [0.25, 0.3) is 0 Å². The predicted molar refractivity (Wildman–Crippen MR) is 125 cm³/mol. The number of hydrogen-bond donors (Lipinski definition) is 1. The number of carbonyl (C=O) groups is 1. The van der Waals surface area contributed by atoms with Crippen LogP contribution in [0.2, 0.25) is 0 Å². The molecule has 4 aromatic rings. The van der Waals surface area contributed by atoms with Crippen molar-refractivity contribution in [2.75, 3.05) is 23.7 Å². The Kier molecular flexibility index (Phi) is 5.07. The molecule has 0 atom stereocenters. The molecule has 2 N–H and O–H groups in total. The van der Waals surface area contributed by atoms with Gasteiger partial charge < -0.3 is 10.6 Å². The highest BCUT2D eigenvalue weighted by atomic mass is 79.9. The third kappa shape index (κ3) is 3.86. The number of fused-ring (bicyclic) bond motifs is 1. The van der Waals surface area contributed by atoms with Crippen LogP contribution >= 0.6 is 15.9 Å². The number of aromatic nitrogens is 4. The maximum absolute atomic E-state index is 11.5. The Morgan fingerprint density at radius 1 is 0.968 bits per heavy atom. The van der Waals surface area contributed by atoms with Crippen molar-refractivity contribution in [3.8, 4) is 22.4 Å². The third-order valence-electron chi connectivity index (χ3n) is 5.46. The van der Waals surface area contributed by atoms with Crippen LogP contribution in [-0.2, 0) is 4.79 Å². The Labute approximate surface area is 187 Å². The van der Waals surface area contributed by atoms with Gasteiger partial charge in [-0.2, -0.15) is 0 Å². The van der Waals surface area contributed by atoms with Crippen molar-refractivity contribution in [2.45, 2.75) is 12.8 Å². The molecule has 31 heavy (non-hydrogen) atoms. The first-order valence-electron chi connectivity index (χ1n) is 9.99. The number of anilines is 2. The fourth-order valence-electron chi connectivity index (χ4n) is 3.83. The van der Waals surface area contributed by atoms with Crippen LogP contribution in [0.5, 0.6) is 0 Å². The molecule has 154 valence electrons. The van der Waals surface area contributed by atoms with Gasteiger partial charge in [0, 0.05) is 42.2 Å². The summed E-state index contributed by atoms with van der Waals surface area (Å²) in [6.07, 6.45) is 4.40. The predicted octanol–water partition coefficient (Wildman–Crippen LogP) is 4.27. The molecule has 0 aliphatic carbocycles. The van der Waals surface area contributed by atoms with Gasteiger partial charge in [0.1, 0.15) is 23.7 Å². The molecule has 0 saturated carbocycles. The summed E-state index contributed by atoms with van der Waals surface area (Å²) < 4.78 is 0.970. The van der Waals surface area contributed by atoms with Gasteiger partial charge in [0.2, 0.25) is 0 Å². The van der Waals surface area contributed by atoms with E-state index in [4.69, 9.17) is 10.7 Å². The Bertz CT molecular complexity index is 1280. The zero-order valence-electron chi connectivity index (χ0n) is 16.6. The van der Waals surface area contributed by atoms with Crippen molar-refractivity contribution in [2.24, 2.45) is 0 Å². The van der Waals surface area contributed by atoms with Gasteiger partial charge in [0.15, 0.2) is 5.65 Å². The van der Waals surface area contributed by atoms with E-state index in [-0.39, 0.29) is 0 Å². The molecule has 0 radical (unpaired) electrons. The monoisotopic (exact) mass is 474 g/mol. The lowest BCUT2D eigenvalue weighted by Crippen LogP contribution is -2.34. The Morgan fingerprint density at radius 2 is 1.81 bits per heavy atom. The quantitative estimate of drug-likeness (QED) is 0.473. The van der Waals surface area contributed by atoms with Crippen LogP contribution in [0.3, 0.4) is 0 Å². The highest BCUT2D eigenvalue weighted by Crippen LogP contribution is 2.34. The number of pyridine rings is 2. The van der Waals surface area contributed by atoms with Crippen molar-refractivity contribution < 1.29 is 4.79 Å². The van der Waals surface area contributed by atoms with Gasteiger partial charge in [-0.05, 0) is 41.5 Å². The number of hydrogen-bond acceptors (Lipinski definition) is 7. The maximum atomic E-state index is 11.5. The highest BCUT2D eigenvalue weighted by Gasteiger charge is 2.18. The molecule has 0 spiro atoms. The molecular formula is C23H19BrN6O. The first-order chi connectivity index (χ1) is 15.1. The molecule has 5 rings (SSSR count). The van der Waals surface area contributed by atoms with Crippen LogP contribution in [0.15, 0.2) is 59.5 Å². The summed E-state index contributed by atoms with van der Waals surface area (Å²) in [4.78, 5) is 31.5. The second kappa shape index (κ2) is 8.03. The lowest BCUT2D eigenvalue weighted by Gasteiger charge is -2.27. The number of benzene rings is 1. The van der Waals surface area contributed by atoms with Crippen molar-refractivity contribution in [1.82, 2.24) is 19.9 Å². The molecule has 1 saturated heterocycles. The lowest BCUT2D eigenvalue weighted by atomic mass is 10.0. The largest absolute Gasteiger partial charge is 0.383 e. The summed E-state index contributed by atoms with van der Waals surface area (Å²) in [7, 11) is 0. The number of ketones is 1. The number of nitrogen functional groups attached to an aromatic ring is 1. The SMILES string of the molecule is Nc1ncnc2nc(-c3ccc(N4CCC(=O)CC4)nc3)cc(-c3cccc(Br)c3)c12. The molecule has 0 unspecified atom stereocenters. The zero-order valence-corrected chi connectivity index (χ0v) is 18.2. The van der Waals surface area contributed by atoms with Crippen LogP contribution in [0.1, 0.15) is 12.8 Å². The van der Waals surface area contributed by atoms with E-state index in [1.807, 2.05) is 48.7 Å². The van der Waals surface area contributed by atoms with Gasteiger partial charge >= 0.3 is 0 Å². The summed E-state index contributed by atoms with van der Waals surface area (Å²) in [5.41, 5.74) is 10.3. The highest BCUT2D eigenvalue weighted by molar-refractivity contribution is 9.10. The Balaban J connectivity index is 1.58. The summed E-state index contributed by atoms with van der Waals surface area (Å²) in [6, 6.07) is 14.0. The van der Waals surface area contributed by atoms with Gasteiger partial charge in [-0.1, -0.05) is 28.1 Å². The number of nitrogens with zero attached hydrogens (tertiary/aromatic N) is 5. The molecule has 8 heteroatoms. The molecule has 1 aliphatic rings. The van der Waals surface area contributed by atoms with Gasteiger partial charge in [0.05, 0.1) is 11.1 Å². The van der Waals surface area contributed by atoms with Crippen LogP contribution in [0.4, 0.5) is 11.6 Å². The first-order valence-corrected chi connectivity index (χ1v) is 10.8. The summed E-state index contributed by atoms with van der Waals surface area (Å²) in [6.45, 7) is 1.42. The number of piperidine rings is 1. The van der Waals surface area contributed by atoms with E-state index in [1.165, 1.54) is 6.33 Å². The van der Waals surface area contributed by atoms with E-state index in [0.29, 0.717) is 43.2 Å². The fraction of sp³-hybridized carbons (Fsp3) is 0.174. The van der Waals surface area contributed by atoms with Crippen LogP contribution in [0, 0.1) is 0 Å². The molecule has 0 bridgehead atoms. The standard InChI is InChI=1S/C23H19BrN6O/c24-16-3-1-2-14(10-16)18-11-19(29-23-21(18)22(25)27-13-28-23)15-4-5-20(26-12-15)30-8-6-17(31)7-9-30/h1-5,10-13H,6-9H2,(H2,25,27,28,29). The van der Waals surface area contributed by atoms with Crippen molar-refractivity contribution in [1.29, 1.82) is 0 Å². The molecule has 1 aliphatic heterocycles. The minimum Gasteiger partial charge on any atom is -0.383 e. The van der Waals surface area contributed by atoms with Gasteiger partial charge in [-0.3, -0.25) is 4.79 Å². The van der Waals surface area contributed by atoms with E-state index < -0.39 is 0 Å². The maximum Gasteiger partial charge on any atom is 0.165 e. The Morgan fingerprint density at radius 3 is 2.55 bits per heavy atom. The van der Waals surface area contributed by atoms with E-state index in [9.17, 15) is 4.79 Å². The second-order valence-corrected chi connectivity index (χ2v) is 8.37. The molecular weight excluding hydrogens is 456 g/mol. The molecule has 1 fully saturated rings. The number of rotatable bonds is 3. The fourth-order valence-corrected chi connectivity index (χ4v) is 4.23. The van der Waals surface area contributed by atoms with Crippen molar-refractivity contribution >= 4 is 44.4 Å². The number of halogens is 1. The molecule has 4 heterocycles. The first kappa shape index (κ1) is 19.6. The zero-order chi connectivity index (χ0) is 21.4. The summed E-state index contributed by atoms with van der Waals surface area (Å²) in [5, 5.41) is 0.729. The third-order valence-corrected chi connectivity index (χ3v) is 5.95. The van der Waals surface area contributed by atoms with E-state index in [2.05, 4.69) is 35.8 Å². The minimum absolute atomic E-state index is 0.314. The van der Waals surface area contributed by atoms with E-state index in [0.717, 1.165) is 38.1 Å². The molecule has 3 aromatic heterocycles. The summed E-state index contributed by atoms with van der Waals surface area (Å²) in [5.74, 6) is 1.58. The van der Waals surface area contributed by atoms with E-state index >= 15 is 0 Å². The molecule has 1 aromatic carbocycles. The molecule has 7 nitrogen and oxygen atoms in total. The summed E-state index contributed by atoms with van der Waals surface area (Å²) >= 11 is 3.54. The normalized spacial score (nSPS) is 14.2. The van der Waals surface area contributed by atoms with Gasteiger partial charge in [-0.25, -0.2) is 19.9 Å². The average molecular weight is 475 g/mol. The van der Waals surface area contributed by atoms with Crippen LogP contribution in [-0.4, -0.2) is 38.8 Å². The number of carbonyl (C=O) groups excluding carboxylic acids is 1. The smallest absolute Gasteiger partial charge is 0.165 e. The molecule has 0 amide bonds. The average Bonchev–Trinajstić information content (AvgIpc) is 2.79. The van der Waals surface area contributed by atoms with Crippen LogP contribution < -0.4 is 10.6 Å². The topological polar surface area (TPSA) is 97.9 Å².